The maximum atomic E-state index is 11.5. The third-order valence-electron chi connectivity index (χ3n) is 4.61. The van der Waals surface area contributed by atoms with Gasteiger partial charge in [-0.15, -0.1) is 0 Å². The van der Waals surface area contributed by atoms with Crippen LogP contribution in [0.2, 0.25) is 0 Å². The van der Waals surface area contributed by atoms with Crippen LogP contribution in [-0.4, -0.2) is 73.3 Å². The zero-order valence-electron chi connectivity index (χ0n) is 13.7. The summed E-state index contributed by atoms with van der Waals surface area (Å²) in [6.07, 6.45) is 5.04. The average Bonchev–Trinajstić information content (AvgIpc) is 3.05. The molecule has 2 aliphatic rings. The Morgan fingerprint density at radius 2 is 2.17 bits per heavy atom. The quantitative estimate of drug-likeness (QED) is 0.753. The number of hydrogen-bond acceptors (Lipinski definition) is 7. The van der Waals surface area contributed by atoms with Gasteiger partial charge in [-0.3, -0.25) is 9.80 Å². The fourth-order valence-corrected chi connectivity index (χ4v) is 3.31. The van der Waals surface area contributed by atoms with Gasteiger partial charge in [-0.2, -0.15) is 0 Å². The zero-order valence-corrected chi connectivity index (χ0v) is 13.7. The van der Waals surface area contributed by atoms with Crippen molar-refractivity contribution in [2.24, 2.45) is 0 Å². The molecular formula is C16H25N3O4. The zero-order chi connectivity index (χ0) is 16.1. The van der Waals surface area contributed by atoms with Crippen LogP contribution >= 0.6 is 0 Å². The number of likely N-dealkylation sites (tertiary alicyclic amines) is 1. The third-order valence-corrected chi connectivity index (χ3v) is 4.61. The first-order valence-corrected chi connectivity index (χ1v) is 8.33. The average molecular weight is 323 g/mol. The van der Waals surface area contributed by atoms with Gasteiger partial charge in [0.1, 0.15) is 6.26 Å². The molecule has 0 aromatic carbocycles. The number of methoxy groups -OCH3 is 1. The molecule has 1 atom stereocenters. The molecule has 3 rings (SSSR count). The minimum Gasteiger partial charge on any atom is -0.464 e. The number of nitrogens with zero attached hydrogens (tertiary/aromatic N) is 3. The van der Waals surface area contributed by atoms with Gasteiger partial charge in [0.15, 0.2) is 5.69 Å². The molecule has 23 heavy (non-hydrogen) atoms. The molecular weight excluding hydrogens is 298 g/mol. The van der Waals surface area contributed by atoms with Crippen LogP contribution in [0, 0.1) is 0 Å². The second-order valence-electron chi connectivity index (χ2n) is 6.15. The summed E-state index contributed by atoms with van der Waals surface area (Å²) in [7, 11) is 1.35. The lowest BCUT2D eigenvalue weighted by Crippen LogP contribution is -2.49. The monoisotopic (exact) mass is 323 g/mol. The third kappa shape index (κ3) is 4.31. The molecule has 0 bridgehead atoms. The second kappa shape index (κ2) is 7.90. The fourth-order valence-electron chi connectivity index (χ4n) is 3.31. The number of carbonyl (C=O) groups excluding carboxylic acids is 1. The van der Waals surface area contributed by atoms with E-state index in [9.17, 15) is 4.79 Å². The van der Waals surface area contributed by atoms with Crippen molar-refractivity contribution in [3.05, 3.63) is 17.8 Å². The molecule has 7 heteroatoms. The Morgan fingerprint density at radius 1 is 1.35 bits per heavy atom. The normalized spacial score (nSPS) is 23.8. The Bertz CT molecular complexity index is 513. The van der Waals surface area contributed by atoms with Crippen LogP contribution < -0.4 is 0 Å². The van der Waals surface area contributed by atoms with E-state index in [1.165, 1.54) is 32.6 Å². The van der Waals surface area contributed by atoms with Crippen molar-refractivity contribution in [3.8, 4) is 0 Å². The van der Waals surface area contributed by atoms with Gasteiger partial charge in [-0.05, 0) is 19.4 Å². The van der Waals surface area contributed by atoms with Crippen LogP contribution in [-0.2, 0) is 16.0 Å². The minimum absolute atomic E-state index is 0.240. The molecule has 2 fully saturated rings. The van der Waals surface area contributed by atoms with Gasteiger partial charge in [-0.25, -0.2) is 9.78 Å². The molecule has 2 aliphatic heterocycles. The molecule has 0 spiro atoms. The van der Waals surface area contributed by atoms with Gasteiger partial charge in [0.25, 0.3) is 0 Å². The highest BCUT2D eigenvalue weighted by atomic mass is 16.5. The van der Waals surface area contributed by atoms with Crippen LogP contribution in [0.1, 0.15) is 35.6 Å². The number of piperidine rings is 1. The summed E-state index contributed by atoms with van der Waals surface area (Å²) in [5.74, 6) is 0.128. The summed E-state index contributed by atoms with van der Waals surface area (Å²) >= 11 is 0. The van der Waals surface area contributed by atoms with E-state index in [0.717, 1.165) is 39.4 Å². The maximum Gasteiger partial charge on any atom is 0.360 e. The Hall–Kier alpha value is -1.44. The van der Waals surface area contributed by atoms with E-state index in [0.29, 0.717) is 18.5 Å². The molecule has 0 saturated carbocycles. The summed E-state index contributed by atoms with van der Waals surface area (Å²) in [6, 6.07) is 0.510. The number of oxazole rings is 1. The maximum absolute atomic E-state index is 11.5. The first kappa shape index (κ1) is 16.4. The summed E-state index contributed by atoms with van der Waals surface area (Å²) in [5, 5.41) is 0. The van der Waals surface area contributed by atoms with Crippen molar-refractivity contribution in [1.82, 2.24) is 14.8 Å². The molecule has 1 aromatic rings. The van der Waals surface area contributed by atoms with Crippen LogP contribution in [0.15, 0.2) is 10.7 Å². The fraction of sp³-hybridized carbons (Fsp3) is 0.750. The molecule has 1 aromatic heterocycles. The van der Waals surface area contributed by atoms with E-state index in [1.807, 2.05) is 0 Å². The summed E-state index contributed by atoms with van der Waals surface area (Å²) in [6.45, 7) is 6.43. The summed E-state index contributed by atoms with van der Waals surface area (Å²) in [4.78, 5) is 20.6. The van der Waals surface area contributed by atoms with Crippen molar-refractivity contribution < 1.29 is 18.7 Å². The van der Waals surface area contributed by atoms with Crippen LogP contribution in [0.5, 0.6) is 0 Å². The van der Waals surface area contributed by atoms with E-state index in [2.05, 4.69) is 19.5 Å². The van der Waals surface area contributed by atoms with Crippen molar-refractivity contribution in [1.29, 1.82) is 0 Å². The molecule has 0 radical (unpaired) electrons. The number of ether oxygens (including phenoxy) is 2. The van der Waals surface area contributed by atoms with Crippen LogP contribution in [0.25, 0.3) is 0 Å². The van der Waals surface area contributed by atoms with Crippen LogP contribution in [0.3, 0.4) is 0 Å². The topological polar surface area (TPSA) is 68.0 Å². The lowest BCUT2D eigenvalue weighted by molar-refractivity contribution is 0.0139. The molecule has 0 unspecified atom stereocenters. The molecule has 0 amide bonds. The van der Waals surface area contributed by atoms with E-state index >= 15 is 0 Å². The molecule has 0 aliphatic carbocycles. The Balaban J connectivity index is 1.59. The summed E-state index contributed by atoms with van der Waals surface area (Å²) in [5.41, 5.74) is 0.240. The number of carbonyl (C=O) groups is 1. The Kier molecular flexibility index (Phi) is 5.64. The predicted molar refractivity (Wildman–Crippen MR) is 83.2 cm³/mol. The highest BCUT2D eigenvalue weighted by Crippen LogP contribution is 2.21. The number of morpholine rings is 1. The van der Waals surface area contributed by atoms with Crippen LogP contribution in [0.4, 0.5) is 0 Å². The van der Waals surface area contributed by atoms with E-state index in [1.54, 1.807) is 0 Å². The molecule has 7 nitrogen and oxygen atoms in total. The van der Waals surface area contributed by atoms with E-state index in [4.69, 9.17) is 9.15 Å². The number of aromatic nitrogens is 1. The summed E-state index contributed by atoms with van der Waals surface area (Å²) < 4.78 is 15.5. The highest BCUT2D eigenvalue weighted by Gasteiger charge is 2.27. The lowest BCUT2D eigenvalue weighted by Gasteiger charge is -2.39. The van der Waals surface area contributed by atoms with Gasteiger partial charge in [-0.1, -0.05) is 6.42 Å². The van der Waals surface area contributed by atoms with Crippen molar-refractivity contribution in [2.75, 3.05) is 46.5 Å². The van der Waals surface area contributed by atoms with Crippen molar-refractivity contribution in [2.45, 2.75) is 31.8 Å². The molecule has 128 valence electrons. The standard InChI is InChI=1S/C16H25N3O4/c1-21-16(20)14-12-23-15(17-14)11-19-5-3-2-4-13(19)10-18-6-8-22-9-7-18/h12-13H,2-11H2,1H3/t13-/m0/s1. The van der Waals surface area contributed by atoms with E-state index < -0.39 is 5.97 Å². The number of esters is 1. The Morgan fingerprint density at radius 3 is 2.96 bits per heavy atom. The predicted octanol–water partition coefficient (Wildman–Crippen LogP) is 1.15. The van der Waals surface area contributed by atoms with Gasteiger partial charge in [0.05, 0.1) is 26.9 Å². The van der Waals surface area contributed by atoms with Gasteiger partial charge < -0.3 is 13.9 Å². The SMILES string of the molecule is COC(=O)c1coc(CN2CCCC[C@H]2CN2CCOCC2)n1. The molecule has 2 saturated heterocycles. The first-order valence-electron chi connectivity index (χ1n) is 8.33. The van der Waals surface area contributed by atoms with Gasteiger partial charge in [0, 0.05) is 25.7 Å². The lowest BCUT2D eigenvalue weighted by atomic mass is 10.0. The molecule has 0 N–H and O–H groups in total. The second-order valence-corrected chi connectivity index (χ2v) is 6.15. The first-order chi connectivity index (χ1) is 11.3. The highest BCUT2D eigenvalue weighted by molar-refractivity contribution is 5.86. The number of rotatable bonds is 5. The van der Waals surface area contributed by atoms with Gasteiger partial charge >= 0.3 is 5.97 Å². The van der Waals surface area contributed by atoms with Gasteiger partial charge in [0.2, 0.25) is 5.89 Å². The van der Waals surface area contributed by atoms with Crippen molar-refractivity contribution >= 4 is 5.97 Å². The van der Waals surface area contributed by atoms with Crippen molar-refractivity contribution in [3.63, 3.8) is 0 Å². The minimum atomic E-state index is -0.455. The number of hydrogen-bond donors (Lipinski definition) is 0. The Labute approximate surface area is 136 Å². The van der Waals surface area contributed by atoms with E-state index in [-0.39, 0.29) is 5.69 Å². The smallest absolute Gasteiger partial charge is 0.360 e. The largest absolute Gasteiger partial charge is 0.464 e. The molecule has 3 heterocycles.